The highest BCUT2D eigenvalue weighted by molar-refractivity contribution is 7.16. The fourth-order valence-corrected chi connectivity index (χ4v) is 4.50. The summed E-state index contributed by atoms with van der Waals surface area (Å²) in [5.41, 5.74) is 3.58. The molecule has 4 heterocycles. The molecule has 0 aliphatic rings. The van der Waals surface area contributed by atoms with Crippen LogP contribution in [0.15, 0.2) is 23.8 Å². The fourth-order valence-electron chi connectivity index (χ4n) is 2.91. The van der Waals surface area contributed by atoms with E-state index in [9.17, 15) is 4.79 Å². The van der Waals surface area contributed by atoms with E-state index < -0.39 is 0 Å². The third-order valence-corrected chi connectivity index (χ3v) is 6.20. The van der Waals surface area contributed by atoms with Crippen LogP contribution in [-0.4, -0.2) is 30.5 Å². The van der Waals surface area contributed by atoms with Crippen molar-refractivity contribution in [3.8, 4) is 10.6 Å². The Bertz CT molecular complexity index is 1130. The first-order valence-electron chi connectivity index (χ1n) is 8.45. The number of fused-ring (bicyclic) bond motifs is 1. The monoisotopic (exact) mass is 398 g/mol. The first-order chi connectivity index (χ1) is 13.0. The number of amides is 1. The lowest BCUT2D eigenvalue weighted by atomic mass is 10.1. The Morgan fingerprint density at radius 3 is 2.85 bits per heavy atom. The summed E-state index contributed by atoms with van der Waals surface area (Å²) in [4.78, 5) is 27.7. The minimum Gasteiger partial charge on any atom is -0.351 e. The second kappa shape index (κ2) is 7.16. The van der Waals surface area contributed by atoms with Crippen molar-refractivity contribution in [2.24, 2.45) is 0 Å². The molecule has 0 unspecified atom stereocenters. The fraction of sp³-hybridized carbons (Fsp3) is 0.278. The zero-order valence-corrected chi connectivity index (χ0v) is 16.8. The second-order valence-electron chi connectivity index (χ2n) is 6.20. The van der Waals surface area contributed by atoms with Gasteiger partial charge >= 0.3 is 0 Å². The average Bonchev–Trinajstić information content (AvgIpc) is 3.37. The lowest BCUT2D eigenvalue weighted by Crippen LogP contribution is -2.25. The Hall–Kier alpha value is -2.65. The topological polar surface area (TPSA) is 85.1 Å². The van der Waals surface area contributed by atoms with Gasteiger partial charge in [-0.3, -0.25) is 4.79 Å². The zero-order valence-electron chi connectivity index (χ0n) is 15.2. The van der Waals surface area contributed by atoms with Gasteiger partial charge in [0.1, 0.15) is 6.33 Å². The molecule has 4 aromatic heterocycles. The molecule has 4 aromatic rings. The van der Waals surface area contributed by atoms with E-state index in [1.165, 1.54) is 6.33 Å². The number of hydrogen-bond donors (Lipinski definition) is 1. The van der Waals surface area contributed by atoms with Gasteiger partial charge in [-0.15, -0.1) is 22.7 Å². The minimum absolute atomic E-state index is 0.0399. The number of nitrogens with one attached hydrogen (secondary N) is 1. The number of carbonyl (C=O) groups excluding carboxylic acids is 1. The Balaban J connectivity index is 1.43. The number of aryl methyl sites for hydroxylation is 3. The van der Waals surface area contributed by atoms with Crippen LogP contribution in [0.1, 0.15) is 26.8 Å². The summed E-state index contributed by atoms with van der Waals surface area (Å²) in [7, 11) is 0. The van der Waals surface area contributed by atoms with E-state index in [0.717, 1.165) is 37.4 Å². The van der Waals surface area contributed by atoms with Gasteiger partial charge in [-0.25, -0.2) is 14.5 Å². The smallest absolute Gasteiger partial charge is 0.252 e. The van der Waals surface area contributed by atoms with E-state index in [1.54, 1.807) is 27.2 Å². The normalized spacial score (nSPS) is 11.2. The van der Waals surface area contributed by atoms with Crippen LogP contribution in [-0.2, 0) is 17.8 Å². The Kier molecular flexibility index (Phi) is 4.71. The molecule has 4 rings (SSSR count). The third kappa shape index (κ3) is 3.60. The van der Waals surface area contributed by atoms with Gasteiger partial charge in [-0.2, -0.15) is 10.1 Å². The van der Waals surface area contributed by atoms with Crippen molar-refractivity contribution >= 4 is 34.4 Å². The van der Waals surface area contributed by atoms with E-state index in [-0.39, 0.29) is 12.3 Å². The highest BCUT2D eigenvalue weighted by atomic mass is 32.1. The summed E-state index contributed by atoms with van der Waals surface area (Å²) in [5, 5.41) is 10.3. The molecule has 0 saturated carbocycles. The maximum Gasteiger partial charge on any atom is 0.252 e. The molecule has 0 aromatic carbocycles. The van der Waals surface area contributed by atoms with Gasteiger partial charge in [0.15, 0.2) is 0 Å². The summed E-state index contributed by atoms with van der Waals surface area (Å²) in [6.45, 7) is 6.33. The van der Waals surface area contributed by atoms with Crippen LogP contribution in [0, 0.1) is 20.8 Å². The van der Waals surface area contributed by atoms with E-state index >= 15 is 0 Å². The standard InChI is InChI=1S/C18H18N6OS2/c1-10-14(11(2)24-18(22-10)20-9-21-24)6-17(25)19-7-13-4-5-16(27-13)15-8-26-12(3)23-15/h4-5,8-9H,6-7H2,1-3H3,(H,19,25). The van der Waals surface area contributed by atoms with Crippen LogP contribution in [0.4, 0.5) is 0 Å². The van der Waals surface area contributed by atoms with Gasteiger partial charge in [0.2, 0.25) is 5.91 Å². The van der Waals surface area contributed by atoms with Crippen molar-refractivity contribution in [3.63, 3.8) is 0 Å². The first kappa shape index (κ1) is 17.7. The van der Waals surface area contributed by atoms with Gasteiger partial charge in [-0.1, -0.05) is 0 Å². The molecule has 7 nitrogen and oxygen atoms in total. The number of thiophene rings is 1. The maximum atomic E-state index is 12.5. The summed E-state index contributed by atoms with van der Waals surface area (Å²) < 4.78 is 1.66. The molecule has 0 aliphatic carbocycles. The van der Waals surface area contributed by atoms with Gasteiger partial charge in [0.05, 0.1) is 28.5 Å². The van der Waals surface area contributed by atoms with Crippen LogP contribution in [0.3, 0.4) is 0 Å². The molecule has 0 fully saturated rings. The number of aromatic nitrogens is 5. The van der Waals surface area contributed by atoms with Crippen molar-refractivity contribution in [2.75, 3.05) is 0 Å². The summed E-state index contributed by atoms with van der Waals surface area (Å²) in [6.07, 6.45) is 1.74. The Morgan fingerprint density at radius 2 is 2.07 bits per heavy atom. The highest BCUT2D eigenvalue weighted by Gasteiger charge is 2.14. The molecule has 0 bridgehead atoms. The van der Waals surface area contributed by atoms with E-state index in [1.807, 2.05) is 26.8 Å². The van der Waals surface area contributed by atoms with Crippen molar-refractivity contribution < 1.29 is 4.79 Å². The molecule has 138 valence electrons. The predicted octanol–water partition coefficient (Wildman–Crippen LogP) is 3.09. The second-order valence-corrected chi connectivity index (χ2v) is 8.43. The van der Waals surface area contributed by atoms with Crippen LogP contribution in [0.5, 0.6) is 0 Å². The van der Waals surface area contributed by atoms with E-state index in [2.05, 4.69) is 36.8 Å². The molecule has 0 aliphatic heterocycles. The van der Waals surface area contributed by atoms with Crippen molar-refractivity contribution in [1.29, 1.82) is 0 Å². The van der Waals surface area contributed by atoms with Gasteiger partial charge in [0.25, 0.3) is 5.78 Å². The minimum atomic E-state index is -0.0399. The van der Waals surface area contributed by atoms with Gasteiger partial charge < -0.3 is 5.32 Å². The zero-order chi connectivity index (χ0) is 19.0. The number of hydrogen-bond acceptors (Lipinski definition) is 7. The van der Waals surface area contributed by atoms with Crippen molar-refractivity contribution in [3.05, 3.63) is 50.7 Å². The molecule has 0 radical (unpaired) electrons. The Morgan fingerprint density at radius 1 is 1.22 bits per heavy atom. The molecular formula is C18H18N6OS2. The number of carbonyl (C=O) groups is 1. The highest BCUT2D eigenvalue weighted by Crippen LogP contribution is 2.28. The van der Waals surface area contributed by atoms with Crippen LogP contribution < -0.4 is 5.32 Å². The first-order valence-corrected chi connectivity index (χ1v) is 10.1. The summed E-state index contributed by atoms with van der Waals surface area (Å²) in [6, 6.07) is 4.09. The van der Waals surface area contributed by atoms with Crippen molar-refractivity contribution in [1.82, 2.24) is 29.9 Å². The average molecular weight is 399 g/mol. The Labute approximate surface area is 164 Å². The van der Waals surface area contributed by atoms with Gasteiger partial charge in [-0.05, 0) is 32.9 Å². The molecule has 27 heavy (non-hydrogen) atoms. The van der Waals surface area contributed by atoms with E-state index in [4.69, 9.17) is 0 Å². The van der Waals surface area contributed by atoms with Crippen LogP contribution in [0.2, 0.25) is 0 Å². The molecule has 1 N–H and O–H groups in total. The summed E-state index contributed by atoms with van der Waals surface area (Å²) in [5.74, 6) is 0.513. The molecule has 0 saturated heterocycles. The van der Waals surface area contributed by atoms with Crippen molar-refractivity contribution in [2.45, 2.75) is 33.7 Å². The molecule has 0 atom stereocenters. The third-order valence-electron chi connectivity index (χ3n) is 4.32. The van der Waals surface area contributed by atoms with Gasteiger partial charge in [0, 0.05) is 27.2 Å². The number of thiazole rings is 1. The SMILES string of the molecule is Cc1nc(-c2ccc(CNC(=O)Cc3c(C)nc4ncnn4c3C)s2)cs1. The summed E-state index contributed by atoms with van der Waals surface area (Å²) >= 11 is 3.29. The number of rotatable bonds is 5. The maximum absolute atomic E-state index is 12.5. The van der Waals surface area contributed by atoms with Crippen LogP contribution >= 0.6 is 22.7 Å². The van der Waals surface area contributed by atoms with E-state index in [0.29, 0.717) is 12.3 Å². The molecule has 1 amide bonds. The predicted molar refractivity (Wildman–Crippen MR) is 106 cm³/mol. The molecule has 0 spiro atoms. The van der Waals surface area contributed by atoms with Crippen LogP contribution in [0.25, 0.3) is 16.3 Å². The molecule has 9 heteroatoms. The molecular weight excluding hydrogens is 380 g/mol. The largest absolute Gasteiger partial charge is 0.351 e. The lowest BCUT2D eigenvalue weighted by Gasteiger charge is -2.10. The number of nitrogens with zero attached hydrogens (tertiary/aromatic N) is 5. The quantitative estimate of drug-likeness (QED) is 0.558. The lowest BCUT2D eigenvalue weighted by molar-refractivity contribution is -0.120.